The highest BCUT2D eigenvalue weighted by Crippen LogP contribution is 2.30. The van der Waals surface area contributed by atoms with E-state index in [1.807, 2.05) is 33.8 Å². The average Bonchev–Trinajstić information content (AvgIpc) is 3.92. The maximum atomic E-state index is 14.4. The van der Waals surface area contributed by atoms with Gasteiger partial charge in [0.2, 0.25) is 23.6 Å². The first kappa shape index (κ1) is 53.3. The van der Waals surface area contributed by atoms with E-state index >= 15 is 0 Å². The van der Waals surface area contributed by atoms with Gasteiger partial charge in [0, 0.05) is 85.5 Å². The van der Waals surface area contributed by atoms with Gasteiger partial charge in [0.05, 0.1) is 36.6 Å². The molecule has 1 aromatic carbocycles. The van der Waals surface area contributed by atoms with Crippen LogP contribution in [0.1, 0.15) is 91.5 Å². The molecule has 0 bridgehead atoms. The molecule has 18 heteroatoms. The zero-order valence-electron chi connectivity index (χ0n) is 40.1. The maximum Gasteiger partial charge on any atom is 0.326 e. The first-order chi connectivity index (χ1) is 31.4. The van der Waals surface area contributed by atoms with Crippen LogP contribution in [0.25, 0.3) is 0 Å². The highest BCUT2D eigenvalue weighted by Gasteiger charge is 2.43. The first-order valence-corrected chi connectivity index (χ1v) is 23.5. The van der Waals surface area contributed by atoms with Gasteiger partial charge in [-0.05, 0) is 43.1 Å². The van der Waals surface area contributed by atoms with Crippen LogP contribution in [0.2, 0.25) is 0 Å². The summed E-state index contributed by atoms with van der Waals surface area (Å²) in [7, 11) is 4.66. The lowest BCUT2D eigenvalue weighted by atomic mass is 9.89. The number of hydrogen-bond donors (Lipinski definition) is 3. The number of piperazine rings is 1. The van der Waals surface area contributed by atoms with Gasteiger partial charge in [0.1, 0.15) is 12.1 Å². The number of hydrogen-bond acceptors (Lipinski definition) is 10. The average molecular weight is 924 g/mol. The molecule has 66 heavy (non-hydrogen) atoms. The third-order valence-corrected chi connectivity index (χ3v) is 13.5. The second-order valence-corrected chi connectivity index (χ2v) is 18.2. The normalized spacial score (nSPS) is 19.6. The molecule has 3 aliphatic heterocycles. The molecule has 4 rings (SSSR count). The number of ether oxygens (including phenoxy) is 2. The van der Waals surface area contributed by atoms with Gasteiger partial charge >= 0.3 is 12.0 Å². The topological polar surface area (TPSA) is 216 Å². The minimum Gasteiger partial charge on any atom is -0.480 e. The lowest BCUT2D eigenvalue weighted by molar-refractivity contribution is -0.147. The summed E-state index contributed by atoms with van der Waals surface area (Å²) >= 11 is 0. The van der Waals surface area contributed by atoms with Crippen LogP contribution in [0.15, 0.2) is 42.5 Å². The van der Waals surface area contributed by atoms with Gasteiger partial charge in [0.25, 0.3) is 11.8 Å². The van der Waals surface area contributed by atoms with Crippen molar-refractivity contribution in [1.82, 2.24) is 35.1 Å². The molecule has 3 aliphatic rings. The number of urea groups is 1. The molecule has 8 amide bonds. The zero-order chi connectivity index (χ0) is 48.7. The largest absolute Gasteiger partial charge is 0.480 e. The van der Waals surface area contributed by atoms with Crippen LogP contribution >= 0.6 is 0 Å². The smallest absolute Gasteiger partial charge is 0.326 e. The lowest BCUT2D eigenvalue weighted by Gasteiger charge is -2.41. The molecule has 3 N–H and O–H groups in total. The van der Waals surface area contributed by atoms with Gasteiger partial charge in [-0.1, -0.05) is 77.8 Å². The Morgan fingerprint density at radius 2 is 1.47 bits per heavy atom. The molecule has 0 spiro atoms. The molecule has 3 heterocycles. The summed E-state index contributed by atoms with van der Waals surface area (Å²) in [5.74, 6) is -4.04. The van der Waals surface area contributed by atoms with E-state index in [0.717, 1.165) is 5.56 Å². The van der Waals surface area contributed by atoms with Crippen molar-refractivity contribution in [3.63, 3.8) is 0 Å². The van der Waals surface area contributed by atoms with Crippen LogP contribution in [0.4, 0.5) is 4.79 Å². The third kappa shape index (κ3) is 14.1. The molecule has 0 aliphatic carbocycles. The van der Waals surface area contributed by atoms with Crippen molar-refractivity contribution >= 4 is 47.4 Å². The van der Waals surface area contributed by atoms with Crippen molar-refractivity contribution in [1.29, 1.82) is 0 Å². The monoisotopic (exact) mass is 924 g/mol. The number of rotatable bonds is 24. The number of nitrogens with zero attached hydrogens (tertiary/aromatic N) is 5. The molecule has 18 nitrogen and oxygen atoms in total. The van der Waals surface area contributed by atoms with Crippen molar-refractivity contribution in [3.8, 4) is 0 Å². The van der Waals surface area contributed by atoms with Crippen LogP contribution in [-0.4, -0.2) is 174 Å². The molecular weight excluding hydrogens is 851 g/mol. The van der Waals surface area contributed by atoms with Crippen molar-refractivity contribution in [2.75, 3.05) is 60.5 Å². The highest BCUT2D eigenvalue weighted by molar-refractivity contribution is 6.12. The van der Waals surface area contributed by atoms with E-state index in [-0.39, 0.29) is 54.2 Å². The lowest BCUT2D eigenvalue weighted by Crippen LogP contribution is -2.60. The van der Waals surface area contributed by atoms with E-state index in [0.29, 0.717) is 84.2 Å². The Hall–Kier alpha value is -5.36. The van der Waals surface area contributed by atoms with Gasteiger partial charge in [0.15, 0.2) is 0 Å². The van der Waals surface area contributed by atoms with E-state index in [4.69, 9.17) is 9.47 Å². The van der Waals surface area contributed by atoms with Crippen molar-refractivity contribution < 1.29 is 52.9 Å². The molecule has 0 aromatic heterocycles. The van der Waals surface area contributed by atoms with Crippen LogP contribution < -0.4 is 10.6 Å². The van der Waals surface area contributed by atoms with Crippen molar-refractivity contribution in [2.24, 2.45) is 17.8 Å². The highest BCUT2D eigenvalue weighted by atomic mass is 16.5. The number of carboxylic acids is 1. The molecule has 0 saturated carbocycles. The summed E-state index contributed by atoms with van der Waals surface area (Å²) in [5.41, 5.74) is 0.767. The fourth-order valence-corrected chi connectivity index (χ4v) is 9.31. The van der Waals surface area contributed by atoms with E-state index in [1.165, 1.54) is 31.3 Å². The summed E-state index contributed by atoms with van der Waals surface area (Å²) in [6.45, 7) is 11.4. The number of carboxylic acid groups (broad SMARTS) is 1. The summed E-state index contributed by atoms with van der Waals surface area (Å²) in [5, 5.41) is 15.6. The van der Waals surface area contributed by atoms with Gasteiger partial charge in [-0.2, -0.15) is 0 Å². The van der Waals surface area contributed by atoms with Crippen LogP contribution in [0, 0.1) is 17.8 Å². The number of amides is 8. The Kier molecular flexibility index (Phi) is 20.6. The molecule has 2 saturated heterocycles. The van der Waals surface area contributed by atoms with Crippen LogP contribution in [0.5, 0.6) is 0 Å². The third-order valence-electron chi connectivity index (χ3n) is 13.5. The molecular formula is C48H73N7O11. The van der Waals surface area contributed by atoms with Gasteiger partial charge in [-0.15, -0.1) is 0 Å². The quantitative estimate of drug-likeness (QED) is 0.101. The summed E-state index contributed by atoms with van der Waals surface area (Å²) in [6.07, 6.45) is 5.28. The fourth-order valence-electron chi connectivity index (χ4n) is 9.31. The second kappa shape index (κ2) is 25.5. The van der Waals surface area contributed by atoms with E-state index < -0.39 is 60.2 Å². The number of nitrogens with one attached hydrogen (secondary N) is 2. The number of unbranched alkanes of at least 4 members (excludes halogenated alkanes) is 2. The number of likely N-dealkylation sites (N-methyl/N-ethyl adjacent to an activating group) is 1. The summed E-state index contributed by atoms with van der Waals surface area (Å²) < 4.78 is 11.9. The molecule has 8 atom stereocenters. The minimum absolute atomic E-state index is 0.0225. The van der Waals surface area contributed by atoms with Crippen LogP contribution in [0.3, 0.4) is 0 Å². The number of carbonyl (C=O) groups excluding carboxylic acids is 7. The zero-order valence-corrected chi connectivity index (χ0v) is 40.1. The SMILES string of the molecule is CC[C@H](C)[C@@H]([C@@H](CC(=O)N1CCC[C@H]1[C@H](OC)[C@@H](C)C(=O)N[C@@H](Cc1ccccc1)C(=O)O)OC)N(C)C(=O)[C@@H](NC(=O)N1CCN(C(=O)CCCCCN2C(=O)C=CC2=O)CC1)C(C)C. The molecule has 1 aromatic rings. The Morgan fingerprint density at radius 3 is 2.05 bits per heavy atom. The Balaban J connectivity index is 1.34. The molecule has 0 unspecified atom stereocenters. The van der Waals surface area contributed by atoms with E-state index in [1.54, 1.807) is 57.8 Å². The van der Waals surface area contributed by atoms with E-state index in [2.05, 4.69) is 10.6 Å². The molecule has 2 fully saturated rings. The van der Waals surface area contributed by atoms with Gasteiger partial charge < -0.3 is 44.8 Å². The van der Waals surface area contributed by atoms with Crippen LogP contribution in [-0.2, 0) is 49.5 Å². The minimum atomic E-state index is -1.16. The summed E-state index contributed by atoms with van der Waals surface area (Å²) in [4.78, 5) is 112. The first-order valence-electron chi connectivity index (χ1n) is 23.5. The Labute approximate surface area is 389 Å². The maximum absolute atomic E-state index is 14.4. The van der Waals surface area contributed by atoms with Crippen molar-refractivity contribution in [2.45, 2.75) is 129 Å². The predicted molar refractivity (Wildman–Crippen MR) is 245 cm³/mol. The van der Waals surface area contributed by atoms with Gasteiger partial charge in [-0.25, -0.2) is 9.59 Å². The predicted octanol–water partition coefficient (Wildman–Crippen LogP) is 3.08. The number of likely N-dealkylation sites (tertiary alicyclic amines) is 1. The number of aliphatic carboxylic acids is 1. The number of imide groups is 1. The molecule has 0 radical (unpaired) electrons. The number of benzene rings is 1. The number of methoxy groups -OCH3 is 2. The summed E-state index contributed by atoms with van der Waals surface area (Å²) in [6, 6.07) is 5.58. The van der Waals surface area contributed by atoms with Gasteiger partial charge in [-0.3, -0.25) is 33.7 Å². The Bertz CT molecular complexity index is 1850. The van der Waals surface area contributed by atoms with Crippen molar-refractivity contribution in [3.05, 3.63) is 48.0 Å². The fraction of sp³-hybridized carbons (Fsp3) is 0.667. The molecule has 366 valence electrons. The Morgan fingerprint density at radius 1 is 0.833 bits per heavy atom. The van der Waals surface area contributed by atoms with E-state index in [9.17, 15) is 43.5 Å². The second-order valence-electron chi connectivity index (χ2n) is 18.2. The standard InChI is InChI=1S/C48H73N7O11/c1-9-32(4)43(37(65-7)30-41(59)54-24-16-19-36(54)44(66-8)33(5)45(60)49-35(47(62)63)29-34-17-12-10-13-18-34)51(6)46(61)42(31(2)3)50-48(64)53-27-25-52(26-28-53)38(56)20-14-11-15-23-55-39(57)21-22-40(55)58/h10,12-13,17-18,21-22,31-33,35-37,42-44H,9,11,14-16,19-20,23-30H2,1-8H3,(H,49,60)(H,50,64)(H,62,63)/t32-,33+,35-,36-,37+,42-,43-,44+/m0/s1. The number of carbonyl (C=O) groups is 8.